The molecule has 4 atom stereocenters. The number of aryl methyl sites for hydroxylation is 2. The molecule has 21 nitrogen and oxygen atoms in total. The van der Waals surface area contributed by atoms with E-state index < -0.39 is 29.7 Å². The number of nitriles is 1. The summed E-state index contributed by atoms with van der Waals surface area (Å²) in [5.74, 6) is 0.697. The van der Waals surface area contributed by atoms with Crippen molar-refractivity contribution >= 4 is 57.9 Å². The molecule has 88 heavy (non-hydrogen) atoms. The smallest absolute Gasteiger partial charge is 0.407 e. The fourth-order valence-corrected chi connectivity index (χ4v) is 11.0. The van der Waals surface area contributed by atoms with Crippen LogP contribution < -0.4 is 26.8 Å². The third-order valence-electron chi connectivity index (χ3n) is 16.2. The highest BCUT2D eigenvalue weighted by Gasteiger charge is 2.39. The Hall–Kier alpha value is -10.1. The summed E-state index contributed by atoms with van der Waals surface area (Å²) < 4.78 is 10.9. The van der Waals surface area contributed by atoms with Gasteiger partial charge < -0.3 is 55.1 Å². The molecule has 2 aliphatic rings. The van der Waals surface area contributed by atoms with Crippen LogP contribution in [0.2, 0.25) is 0 Å². The molecule has 5 amide bonds. The fraction of sp³-hybridized carbons (Fsp3) is 0.343. The summed E-state index contributed by atoms with van der Waals surface area (Å²) in [6, 6.07) is 35.1. The van der Waals surface area contributed by atoms with Gasteiger partial charge in [-0.05, 0) is 134 Å². The number of methoxy groups -OCH3 is 2. The van der Waals surface area contributed by atoms with Crippen LogP contribution in [0, 0.1) is 30.1 Å². The van der Waals surface area contributed by atoms with E-state index in [1.165, 1.54) is 25.1 Å². The highest BCUT2D eigenvalue weighted by Crippen LogP contribution is 2.36. The Balaban J connectivity index is 0.000000232. The summed E-state index contributed by atoms with van der Waals surface area (Å²) in [5, 5.41) is 21.6. The van der Waals surface area contributed by atoms with Crippen molar-refractivity contribution < 1.29 is 33.4 Å². The molecular weight excluding hydrogens is 1110 g/mol. The third kappa shape index (κ3) is 14.1. The van der Waals surface area contributed by atoms with Crippen molar-refractivity contribution in [1.82, 2.24) is 49.9 Å². The number of aromatic nitrogens is 6. The second kappa shape index (κ2) is 27.1. The average Bonchev–Trinajstić information content (AvgIpc) is 4.58. The monoisotopic (exact) mass is 1190 g/mol. The van der Waals surface area contributed by atoms with E-state index in [1.807, 2.05) is 103 Å². The number of benzene rings is 5. The topological polar surface area (TPSA) is 274 Å². The summed E-state index contributed by atoms with van der Waals surface area (Å²) in [7, 11) is 4.25. The first-order valence-electron chi connectivity index (χ1n) is 29.4. The molecule has 6 N–H and O–H groups in total. The number of imidazole rings is 2. The Morgan fingerprint density at radius 2 is 1.18 bits per heavy atom. The van der Waals surface area contributed by atoms with Gasteiger partial charge in [-0.2, -0.15) is 5.26 Å². The molecule has 21 heteroatoms. The lowest BCUT2D eigenvalue weighted by molar-refractivity contribution is -0.136. The van der Waals surface area contributed by atoms with Gasteiger partial charge in [0.15, 0.2) is 0 Å². The van der Waals surface area contributed by atoms with Crippen molar-refractivity contribution in [3.63, 3.8) is 0 Å². The molecule has 0 unspecified atom stereocenters. The van der Waals surface area contributed by atoms with E-state index in [4.69, 9.17) is 9.47 Å². The molecule has 0 bridgehead atoms. The number of amides is 5. The molecule has 8 aromatic rings. The number of ether oxygens (including phenoxy) is 2. The van der Waals surface area contributed by atoms with Gasteiger partial charge in [0.05, 0.1) is 78.8 Å². The van der Waals surface area contributed by atoms with E-state index in [0.717, 1.165) is 93.5 Å². The van der Waals surface area contributed by atoms with Gasteiger partial charge in [0.25, 0.3) is 11.5 Å². The predicted molar refractivity (Wildman–Crippen MR) is 337 cm³/mol. The molecule has 0 saturated carbocycles. The number of rotatable bonds is 16. The van der Waals surface area contributed by atoms with Crippen molar-refractivity contribution in [3.8, 4) is 39.7 Å². The highest BCUT2D eigenvalue weighted by molar-refractivity contribution is 6.04. The SMILES string of the molecule is COC(=O)N[C@H](C(=O)N1CCC[C@H]1c1ncc(-c2ccc(-c3ccc(-c4cnc([C@@H]5CCCN5C(=O)[C@@H](NC(=O)OC)C(C)C)[nH]4)cc3)cc2)[nH]1)C(C)C.Cc1ccc(NC(=O)c2cccc(C(C)(C)C#N)c2)cc1Nc1ccc2ncn(C)c(=O)c2c1. The number of carbonyl (C=O) groups excluding carboxylic acids is 5. The van der Waals surface area contributed by atoms with E-state index in [-0.39, 0.29) is 47.2 Å². The van der Waals surface area contributed by atoms with Gasteiger partial charge in [-0.15, -0.1) is 0 Å². The van der Waals surface area contributed by atoms with Crippen molar-refractivity contribution in [3.05, 3.63) is 167 Å². The minimum absolute atomic E-state index is 0.104. The van der Waals surface area contributed by atoms with Gasteiger partial charge in [0.2, 0.25) is 11.8 Å². The number of nitrogens with one attached hydrogen (secondary N) is 6. The Bertz CT molecular complexity index is 3810. The average molecular weight is 1190 g/mol. The van der Waals surface area contributed by atoms with E-state index in [0.29, 0.717) is 35.2 Å². The molecule has 0 spiro atoms. The Morgan fingerprint density at radius 1 is 0.670 bits per heavy atom. The second-order valence-corrected chi connectivity index (χ2v) is 23.4. The maximum Gasteiger partial charge on any atom is 0.407 e. The summed E-state index contributed by atoms with van der Waals surface area (Å²) in [6.07, 6.45) is 7.11. The molecule has 5 aromatic carbocycles. The standard InChI is InChI=1S/C40H50N8O6.C27H25N5O2/c1-23(2)33(45-39(51)53-5)37(49)47-19-7-9-31(47)35-41-21-29(43-35)27-15-11-25(12-16-27)26-13-17-28(18-14-26)30-22-42-36(44-30)32-10-8-20-48(32)38(50)34(24(3)4)46-40(52)54-6;1-17-8-9-21(31-25(33)18-6-5-7-19(12-18)27(2,3)15-28)14-24(17)30-20-10-11-23-22(13-20)26(34)32(4)16-29-23/h11-18,21-24,31-34H,7-10,19-20H2,1-6H3,(H,41,43)(H,42,44)(H,45,51)(H,46,52);5-14,16,30H,1-4H3,(H,31,33)/t31-,32-,33-,34-;/m0./s1. The van der Waals surface area contributed by atoms with E-state index in [9.17, 15) is 34.0 Å². The summed E-state index contributed by atoms with van der Waals surface area (Å²) in [6.45, 7) is 14.4. The fourth-order valence-electron chi connectivity index (χ4n) is 11.0. The van der Waals surface area contributed by atoms with Gasteiger partial charge in [-0.1, -0.05) is 94.4 Å². The van der Waals surface area contributed by atoms with Crippen molar-refractivity contribution in [2.75, 3.05) is 37.9 Å². The van der Waals surface area contributed by atoms with E-state index >= 15 is 0 Å². The molecule has 2 saturated heterocycles. The minimum Gasteiger partial charge on any atom is -0.453 e. The number of carbonyl (C=O) groups is 5. The summed E-state index contributed by atoms with van der Waals surface area (Å²) in [4.78, 5) is 100. The number of hydrogen-bond acceptors (Lipinski definition) is 13. The van der Waals surface area contributed by atoms with Crippen LogP contribution in [-0.2, 0) is 31.5 Å². The number of hydrogen-bond donors (Lipinski definition) is 6. The molecule has 0 radical (unpaired) electrons. The number of likely N-dealkylation sites (tertiary alicyclic amines) is 2. The normalized spacial score (nSPS) is 15.4. The molecule has 3 aromatic heterocycles. The van der Waals surface area contributed by atoms with Crippen LogP contribution >= 0.6 is 0 Å². The highest BCUT2D eigenvalue weighted by atomic mass is 16.5. The van der Waals surface area contributed by atoms with Gasteiger partial charge in [-0.3, -0.25) is 19.2 Å². The number of alkyl carbamates (subject to hydrolysis) is 2. The molecule has 2 aliphatic heterocycles. The lowest BCUT2D eigenvalue weighted by atomic mass is 9.85. The molecule has 0 aliphatic carbocycles. The first kappa shape index (κ1) is 62.4. The lowest BCUT2D eigenvalue weighted by Gasteiger charge is -2.30. The third-order valence-corrected chi connectivity index (χ3v) is 16.2. The number of nitrogens with zero attached hydrogens (tertiary/aromatic N) is 7. The molecule has 5 heterocycles. The van der Waals surface area contributed by atoms with Gasteiger partial charge in [0, 0.05) is 42.8 Å². The number of H-pyrrole nitrogens is 2. The molecular formula is C67H75N13O8. The maximum absolute atomic E-state index is 13.5. The van der Waals surface area contributed by atoms with Crippen LogP contribution in [0.3, 0.4) is 0 Å². The quantitative estimate of drug-likeness (QED) is 0.0526. The maximum atomic E-state index is 13.5. The molecule has 2 fully saturated rings. The van der Waals surface area contributed by atoms with Crippen molar-refractivity contribution in [1.29, 1.82) is 5.26 Å². The zero-order valence-corrected chi connectivity index (χ0v) is 51.2. The Kier molecular flexibility index (Phi) is 19.2. The van der Waals surface area contributed by atoms with Crippen LogP contribution in [0.1, 0.15) is 112 Å². The molecule has 456 valence electrons. The second-order valence-electron chi connectivity index (χ2n) is 23.4. The number of fused-ring (bicyclic) bond motifs is 1. The number of anilines is 3. The van der Waals surface area contributed by atoms with Crippen LogP contribution in [0.4, 0.5) is 26.7 Å². The van der Waals surface area contributed by atoms with E-state index in [1.54, 1.807) is 59.6 Å². The van der Waals surface area contributed by atoms with Gasteiger partial charge in [-0.25, -0.2) is 24.5 Å². The zero-order valence-electron chi connectivity index (χ0n) is 51.2. The minimum atomic E-state index is -0.687. The van der Waals surface area contributed by atoms with Crippen molar-refractivity contribution in [2.24, 2.45) is 18.9 Å². The first-order chi connectivity index (χ1) is 42.2. The molecule has 10 rings (SSSR count). The first-order valence-corrected chi connectivity index (χ1v) is 29.4. The zero-order chi connectivity index (χ0) is 63.0. The lowest BCUT2D eigenvalue weighted by Crippen LogP contribution is -2.51. The Morgan fingerprint density at radius 3 is 1.68 bits per heavy atom. The van der Waals surface area contributed by atoms with E-state index in [2.05, 4.69) is 76.5 Å². The van der Waals surface area contributed by atoms with Crippen LogP contribution in [0.25, 0.3) is 44.5 Å². The van der Waals surface area contributed by atoms with Crippen molar-refractivity contribution in [2.45, 2.75) is 104 Å². The van der Waals surface area contributed by atoms with Crippen LogP contribution in [-0.4, -0.2) is 109 Å². The van der Waals surface area contributed by atoms with Crippen LogP contribution in [0.15, 0.2) is 133 Å². The van der Waals surface area contributed by atoms with Gasteiger partial charge in [0.1, 0.15) is 23.7 Å². The number of aromatic amines is 2. The summed E-state index contributed by atoms with van der Waals surface area (Å²) in [5.41, 5.74) is 10.0. The Labute approximate surface area is 511 Å². The predicted octanol–water partition coefficient (Wildman–Crippen LogP) is 11.3. The summed E-state index contributed by atoms with van der Waals surface area (Å²) >= 11 is 0. The van der Waals surface area contributed by atoms with Crippen LogP contribution in [0.5, 0.6) is 0 Å². The largest absolute Gasteiger partial charge is 0.453 e. The van der Waals surface area contributed by atoms with Gasteiger partial charge >= 0.3 is 12.2 Å².